The fraction of sp³-hybridized carbons (Fsp3) is 0.333. The van der Waals surface area contributed by atoms with Gasteiger partial charge in [0.05, 0.1) is 17.0 Å². The van der Waals surface area contributed by atoms with Gasteiger partial charge in [-0.25, -0.2) is 9.97 Å². The maximum absolute atomic E-state index is 12.9. The number of rotatable bonds is 2. The first kappa shape index (κ1) is 17.9. The molecule has 3 aromatic heterocycles. The van der Waals surface area contributed by atoms with Crippen molar-refractivity contribution >= 4 is 11.2 Å². The van der Waals surface area contributed by atoms with Crippen LogP contribution in [0, 0.1) is 18.3 Å². The maximum Gasteiger partial charge on any atom is 0.417 e. The Morgan fingerprint density at radius 2 is 1.73 bits per heavy atom. The van der Waals surface area contributed by atoms with Crippen molar-refractivity contribution < 1.29 is 13.2 Å². The zero-order valence-corrected chi connectivity index (χ0v) is 14.7. The third-order valence-corrected chi connectivity index (χ3v) is 4.33. The van der Waals surface area contributed by atoms with Gasteiger partial charge in [-0.2, -0.15) is 18.4 Å². The second-order valence-electron chi connectivity index (χ2n) is 6.69. The number of nitrogens with zero attached hydrogens (tertiary/aromatic N) is 5. The second kappa shape index (κ2) is 5.80. The zero-order valence-electron chi connectivity index (χ0n) is 14.7. The first-order valence-corrected chi connectivity index (χ1v) is 7.83. The third-order valence-electron chi connectivity index (χ3n) is 4.33. The summed E-state index contributed by atoms with van der Waals surface area (Å²) in [5.74, 6) is 0.422. The highest BCUT2D eigenvalue weighted by Gasteiger charge is 2.32. The Balaban J connectivity index is 2.14. The summed E-state index contributed by atoms with van der Waals surface area (Å²) in [6.45, 7) is 5.41. The highest BCUT2D eigenvalue weighted by Crippen LogP contribution is 2.32. The lowest BCUT2D eigenvalue weighted by molar-refractivity contribution is -0.137. The van der Waals surface area contributed by atoms with Crippen LogP contribution >= 0.6 is 0 Å². The van der Waals surface area contributed by atoms with E-state index in [1.54, 1.807) is 31.7 Å². The summed E-state index contributed by atoms with van der Waals surface area (Å²) < 4.78 is 40.3. The van der Waals surface area contributed by atoms with E-state index < -0.39 is 17.2 Å². The van der Waals surface area contributed by atoms with Crippen molar-refractivity contribution in [2.75, 3.05) is 0 Å². The molecule has 0 aromatic carbocycles. The lowest BCUT2D eigenvalue weighted by Gasteiger charge is -2.16. The maximum atomic E-state index is 12.9. The van der Waals surface area contributed by atoms with Crippen molar-refractivity contribution in [1.82, 2.24) is 19.5 Å². The smallest absolute Gasteiger partial charge is 0.311 e. The van der Waals surface area contributed by atoms with Crippen LogP contribution in [-0.4, -0.2) is 19.5 Å². The van der Waals surface area contributed by atoms with Gasteiger partial charge in [0.25, 0.3) is 0 Å². The third kappa shape index (κ3) is 2.90. The van der Waals surface area contributed by atoms with Crippen LogP contribution in [0.25, 0.3) is 22.7 Å². The molecule has 8 heteroatoms. The van der Waals surface area contributed by atoms with Crippen molar-refractivity contribution in [3.05, 3.63) is 41.2 Å². The fourth-order valence-corrected chi connectivity index (χ4v) is 2.66. The van der Waals surface area contributed by atoms with Crippen LogP contribution in [0.4, 0.5) is 13.2 Å². The number of imidazole rings is 1. The highest BCUT2D eigenvalue weighted by molar-refractivity contribution is 5.77. The van der Waals surface area contributed by atoms with E-state index in [0.29, 0.717) is 17.2 Å². The number of halogens is 3. The number of pyridine rings is 2. The molecule has 26 heavy (non-hydrogen) atoms. The van der Waals surface area contributed by atoms with E-state index >= 15 is 0 Å². The van der Waals surface area contributed by atoms with E-state index in [1.807, 2.05) is 13.0 Å². The van der Waals surface area contributed by atoms with E-state index in [9.17, 15) is 18.4 Å². The SMILES string of the molecule is Cc1cc(C(C)(C)C#N)cnc1-c1nc2cc(C(F)(F)F)cnc2n1C. The van der Waals surface area contributed by atoms with Gasteiger partial charge >= 0.3 is 6.18 Å². The van der Waals surface area contributed by atoms with E-state index in [4.69, 9.17) is 0 Å². The number of alkyl halides is 3. The first-order valence-electron chi connectivity index (χ1n) is 7.83. The van der Waals surface area contributed by atoms with Crippen molar-refractivity contribution in [2.45, 2.75) is 32.4 Å². The molecule has 0 amide bonds. The Bertz CT molecular complexity index is 1040. The van der Waals surface area contributed by atoms with E-state index in [-0.39, 0.29) is 5.52 Å². The summed E-state index contributed by atoms with van der Waals surface area (Å²) in [5, 5.41) is 9.26. The number of fused-ring (bicyclic) bond motifs is 1. The van der Waals surface area contributed by atoms with Crippen LogP contribution in [0.2, 0.25) is 0 Å². The summed E-state index contributed by atoms with van der Waals surface area (Å²) in [6.07, 6.45) is -2.08. The molecule has 0 fully saturated rings. The molecule has 3 aromatic rings. The van der Waals surface area contributed by atoms with Crippen LogP contribution in [0.5, 0.6) is 0 Å². The summed E-state index contributed by atoms with van der Waals surface area (Å²) in [7, 11) is 1.68. The van der Waals surface area contributed by atoms with Crippen molar-refractivity contribution in [2.24, 2.45) is 7.05 Å². The van der Waals surface area contributed by atoms with Gasteiger partial charge in [0.1, 0.15) is 11.2 Å². The van der Waals surface area contributed by atoms with Gasteiger partial charge in [-0.15, -0.1) is 0 Å². The minimum atomic E-state index is -4.47. The summed E-state index contributed by atoms with van der Waals surface area (Å²) in [6, 6.07) is 5.05. The molecular weight excluding hydrogens is 343 g/mol. The van der Waals surface area contributed by atoms with Gasteiger partial charge in [-0.1, -0.05) is 6.07 Å². The van der Waals surface area contributed by atoms with Crippen LogP contribution in [0.15, 0.2) is 24.5 Å². The molecule has 0 saturated carbocycles. The standard InChI is InChI=1S/C18H16F3N5/c1-10-5-11(17(2,3)9-22)7-23-14(10)16-25-13-6-12(18(19,20)21)8-24-15(13)26(16)4/h5-8H,1-4H3. The molecule has 0 aliphatic rings. The first-order chi connectivity index (χ1) is 12.0. The minimum absolute atomic E-state index is 0.153. The molecule has 134 valence electrons. The lowest BCUT2D eigenvalue weighted by atomic mass is 9.86. The fourth-order valence-electron chi connectivity index (χ4n) is 2.66. The average molecular weight is 359 g/mol. The number of hydrogen-bond acceptors (Lipinski definition) is 4. The number of hydrogen-bond donors (Lipinski definition) is 0. The van der Waals surface area contributed by atoms with Gasteiger partial charge < -0.3 is 4.57 Å². The molecule has 3 rings (SSSR count). The van der Waals surface area contributed by atoms with E-state index in [1.165, 1.54) is 0 Å². The van der Waals surface area contributed by atoms with Gasteiger partial charge in [-0.3, -0.25) is 4.98 Å². The van der Waals surface area contributed by atoms with Crippen molar-refractivity contribution in [3.8, 4) is 17.6 Å². The normalized spacial score (nSPS) is 12.4. The summed E-state index contributed by atoms with van der Waals surface area (Å²) in [4.78, 5) is 12.6. The molecular formula is C18H16F3N5. The van der Waals surface area contributed by atoms with Crippen LogP contribution in [0.1, 0.15) is 30.5 Å². The second-order valence-corrected chi connectivity index (χ2v) is 6.69. The molecule has 0 unspecified atom stereocenters. The monoisotopic (exact) mass is 359 g/mol. The Labute approximate surface area is 148 Å². The largest absolute Gasteiger partial charge is 0.417 e. The quantitative estimate of drug-likeness (QED) is 0.689. The molecule has 0 spiro atoms. The molecule has 0 N–H and O–H groups in total. The Morgan fingerprint density at radius 1 is 1.08 bits per heavy atom. The molecule has 0 radical (unpaired) electrons. The van der Waals surface area contributed by atoms with Crippen LogP contribution < -0.4 is 0 Å². The lowest BCUT2D eigenvalue weighted by Crippen LogP contribution is -2.15. The molecule has 0 aliphatic carbocycles. The summed E-state index contributed by atoms with van der Waals surface area (Å²) >= 11 is 0. The van der Waals surface area contributed by atoms with Crippen LogP contribution in [0.3, 0.4) is 0 Å². The van der Waals surface area contributed by atoms with Crippen molar-refractivity contribution in [1.29, 1.82) is 5.26 Å². The van der Waals surface area contributed by atoms with Gasteiger partial charge in [-0.05, 0) is 38.0 Å². The molecule has 3 heterocycles. The Morgan fingerprint density at radius 3 is 2.31 bits per heavy atom. The predicted octanol–water partition coefficient (Wildman–Crippen LogP) is 4.16. The molecule has 0 saturated heterocycles. The topological polar surface area (TPSA) is 67.4 Å². The van der Waals surface area contributed by atoms with Crippen LogP contribution in [-0.2, 0) is 18.6 Å². The van der Waals surface area contributed by atoms with Gasteiger partial charge in [0.2, 0.25) is 0 Å². The molecule has 5 nitrogen and oxygen atoms in total. The van der Waals surface area contributed by atoms with Gasteiger partial charge in [0, 0.05) is 19.4 Å². The highest BCUT2D eigenvalue weighted by atomic mass is 19.4. The summed E-state index contributed by atoms with van der Waals surface area (Å²) in [5.41, 5.74) is 1.04. The van der Waals surface area contributed by atoms with Gasteiger partial charge in [0.15, 0.2) is 11.5 Å². The van der Waals surface area contributed by atoms with Crippen molar-refractivity contribution in [3.63, 3.8) is 0 Å². The zero-order chi connectivity index (χ0) is 19.3. The number of aromatic nitrogens is 4. The number of aryl methyl sites for hydroxylation is 2. The number of nitriles is 1. The van der Waals surface area contributed by atoms with E-state index in [2.05, 4.69) is 21.0 Å². The molecule has 0 aliphatic heterocycles. The Hall–Kier alpha value is -2.95. The molecule has 0 atom stereocenters. The minimum Gasteiger partial charge on any atom is -0.311 e. The predicted molar refractivity (Wildman–Crippen MR) is 90.1 cm³/mol. The molecule has 0 bridgehead atoms. The average Bonchev–Trinajstić information content (AvgIpc) is 2.90. The Kier molecular flexibility index (Phi) is 3.98. The van der Waals surface area contributed by atoms with E-state index in [0.717, 1.165) is 23.4 Å².